The molecule has 1 aromatic heterocycles. The zero-order chi connectivity index (χ0) is 40.6. The summed E-state index contributed by atoms with van der Waals surface area (Å²) >= 11 is 5.96. The Morgan fingerprint density at radius 3 is 2.37 bits per heavy atom. The molecular weight excluding hydrogens is 761 g/mol. The van der Waals surface area contributed by atoms with E-state index in [4.69, 9.17) is 41.8 Å². The highest BCUT2D eigenvalue weighted by Gasteiger charge is 2.41. The Morgan fingerprint density at radius 1 is 0.982 bits per heavy atom. The molecule has 294 valence electrons. The third-order valence-electron chi connectivity index (χ3n) is 8.69. The second-order valence-electron chi connectivity index (χ2n) is 13.1. The van der Waals surface area contributed by atoms with Crippen molar-refractivity contribution in [2.75, 3.05) is 36.2 Å². The molecule has 0 saturated heterocycles. The van der Waals surface area contributed by atoms with Crippen molar-refractivity contribution in [1.29, 1.82) is 0 Å². The van der Waals surface area contributed by atoms with E-state index in [1.807, 2.05) is 13.8 Å². The average Bonchev–Trinajstić information content (AvgIpc) is 3.45. The molecule has 4 aromatic rings. The number of esters is 1. The molecule has 7 rings (SSSR count). The van der Waals surface area contributed by atoms with Gasteiger partial charge in [0.25, 0.3) is 17.7 Å². The largest absolute Gasteiger partial charge is 0.481 e. The van der Waals surface area contributed by atoms with Crippen LogP contribution in [0.15, 0.2) is 77.1 Å². The molecule has 0 bridgehead atoms. The van der Waals surface area contributed by atoms with Crippen LogP contribution >= 0.6 is 11.6 Å². The van der Waals surface area contributed by atoms with E-state index in [2.05, 4.69) is 21.0 Å². The van der Waals surface area contributed by atoms with Crippen LogP contribution in [-0.2, 0) is 28.8 Å². The zero-order valence-electron chi connectivity index (χ0n) is 31.3. The van der Waals surface area contributed by atoms with Crippen molar-refractivity contribution in [1.82, 2.24) is 9.97 Å². The maximum absolute atomic E-state index is 14.7. The van der Waals surface area contributed by atoms with Crippen LogP contribution in [0, 0.1) is 18.2 Å². The molecule has 1 aliphatic carbocycles. The number of oxime groups is 1. The first-order chi connectivity index (χ1) is 27.4. The van der Waals surface area contributed by atoms with Crippen molar-refractivity contribution in [2.45, 2.75) is 52.6 Å². The number of anilines is 2. The number of benzene rings is 3. The maximum Gasteiger partial charge on any atom is 0.347 e. The fraction of sp³-hybridized carbons (Fsp3) is 0.293. The lowest BCUT2D eigenvalue weighted by molar-refractivity contribution is -0.152. The summed E-state index contributed by atoms with van der Waals surface area (Å²) in [5.41, 5.74) is 3.14. The van der Waals surface area contributed by atoms with Crippen LogP contribution in [0.25, 0.3) is 11.0 Å². The number of carbonyl (C=O) groups excluding carboxylic acids is 4. The number of fused-ring (bicyclic) bond motifs is 2. The number of rotatable bonds is 11. The maximum atomic E-state index is 14.7. The molecule has 0 N–H and O–H groups in total. The van der Waals surface area contributed by atoms with Gasteiger partial charge in [-0.25, -0.2) is 24.1 Å². The summed E-state index contributed by atoms with van der Waals surface area (Å²) in [7, 11) is 0. The molecule has 0 saturated carbocycles. The van der Waals surface area contributed by atoms with Crippen LogP contribution in [0.1, 0.15) is 46.5 Å². The number of imide groups is 1. The minimum Gasteiger partial charge on any atom is -0.481 e. The van der Waals surface area contributed by atoms with Crippen molar-refractivity contribution >= 4 is 63.4 Å². The molecule has 57 heavy (non-hydrogen) atoms. The van der Waals surface area contributed by atoms with Gasteiger partial charge in [0.1, 0.15) is 23.9 Å². The van der Waals surface area contributed by atoms with Gasteiger partial charge < -0.3 is 23.8 Å². The molecule has 3 heterocycles. The number of halogens is 2. The van der Waals surface area contributed by atoms with Gasteiger partial charge >= 0.3 is 5.97 Å². The van der Waals surface area contributed by atoms with Crippen molar-refractivity contribution < 1.29 is 47.4 Å². The molecule has 3 aromatic carbocycles. The molecule has 3 amide bonds. The van der Waals surface area contributed by atoms with Gasteiger partial charge in [-0.15, -0.1) is 6.42 Å². The minimum atomic E-state index is -0.777. The van der Waals surface area contributed by atoms with E-state index < -0.39 is 29.7 Å². The first-order valence-corrected chi connectivity index (χ1v) is 18.3. The normalized spacial score (nSPS) is 15.1. The monoisotopic (exact) mass is 797 g/mol. The summed E-state index contributed by atoms with van der Waals surface area (Å²) in [4.78, 5) is 65.2. The fourth-order valence-corrected chi connectivity index (χ4v) is 6.22. The number of aromatic nitrogens is 2. The summed E-state index contributed by atoms with van der Waals surface area (Å²) in [5, 5.41) is 4.35. The summed E-state index contributed by atoms with van der Waals surface area (Å²) in [6.07, 6.45) is 8.76. The molecule has 0 radical (unpaired) electrons. The predicted octanol–water partition coefficient (Wildman–Crippen LogP) is 6.73. The van der Waals surface area contributed by atoms with E-state index >= 15 is 0 Å². The number of hydrogen-bond acceptors (Lipinski definition) is 12. The molecule has 0 unspecified atom stereocenters. The molecule has 2 aliphatic heterocycles. The van der Waals surface area contributed by atoms with Crippen molar-refractivity contribution in [3.8, 4) is 35.5 Å². The molecular formula is C41H37ClFN5O9. The highest BCUT2D eigenvalue weighted by molar-refractivity contribution is 6.33. The lowest BCUT2D eigenvalue weighted by atomic mass is 9.93. The van der Waals surface area contributed by atoms with E-state index in [9.17, 15) is 23.6 Å². The summed E-state index contributed by atoms with van der Waals surface area (Å²) in [6.45, 7) is 5.24. The van der Waals surface area contributed by atoms with E-state index in [0.717, 1.165) is 29.5 Å². The molecule has 0 fully saturated rings. The van der Waals surface area contributed by atoms with Crippen molar-refractivity contribution in [2.24, 2.45) is 5.16 Å². The summed E-state index contributed by atoms with van der Waals surface area (Å²) < 4.78 is 36.4. The van der Waals surface area contributed by atoms with Crippen molar-refractivity contribution in [3.05, 3.63) is 82.8 Å². The summed E-state index contributed by atoms with van der Waals surface area (Å²) in [5.74, 6) is 1.31. The minimum absolute atomic E-state index is 0.0170. The van der Waals surface area contributed by atoms with Gasteiger partial charge in [0.2, 0.25) is 5.88 Å². The summed E-state index contributed by atoms with van der Waals surface area (Å²) in [6, 6.07) is 14.4. The number of hydrogen-bond donors (Lipinski definition) is 0. The van der Waals surface area contributed by atoms with Gasteiger partial charge in [0.05, 0.1) is 40.9 Å². The zero-order valence-corrected chi connectivity index (χ0v) is 32.0. The van der Waals surface area contributed by atoms with E-state index in [0.29, 0.717) is 57.4 Å². The smallest absolute Gasteiger partial charge is 0.347 e. The van der Waals surface area contributed by atoms with Gasteiger partial charge in [-0.2, -0.15) is 0 Å². The third kappa shape index (κ3) is 9.47. The van der Waals surface area contributed by atoms with E-state index in [1.54, 1.807) is 49.4 Å². The SMILES string of the molecule is C#CCN1C(=O)COc2cc(F)c(N3C(=O)C4=C(CCCC4)C3=O)cc21.CC(C)=NOCCOC(=O)[C@@H](C)Oc1ccc(Oc2cnc3cc(Cl)ccc3n2)cc1. The Balaban J connectivity index is 0.000000195. The topological polar surface area (TPSA) is 159 Å². The van der Waals surface area contributed by atoms with Gasteiger partial charge in [-0.1, -0.05) is 22.7 Å². The van der Waals surface area contributed by atoms with Crippen LogP contribution in [0.5, 0.6) is 23.1 Å². The van der Waals surface area contributed by atoms with Gasteiger partial charge in [-0.05, 0) is 95.0 Å². The number of nitrogens with zero attached hydrogens (tertiary/aromatic N) is 5. The molecule has 14 nitrogen and oxygen atoms in total. The highest BCUT2D eigenvalue weighted by Crippen LogP contribution is 2.41. The van der Waals surface area contributed by atoms with Gasteiger partial charge in [0, 0.05) is 22.2 Å². The Kier molecular flexibility index (Phi) is 12.6. The Bertz CT molecular complexity index is 2290. The second kappa shape index (κ2) is 17.9. The molecule has 1 atom stereocenters. The average molecular weight is 798 g/mol. The van der Waals surface area contributed by atoms with E-state index in [1.165, 1.54) is 17.2 Å². The number of carbonyl (C=O) groups is 4. The van der Waals surface area contributed by atoms with Crippen molar-refractivity contribution in [3.63, 3.8) is 0 Å². The first-order valence-electron chi connectivity index (χ1n) is 17.9. The van der Waals surface area contributed by atoms with Crippen LogP contribution in [-0.4, -0.2) is 71.8 Å². The lowest BCUT2D eigenvalue weighted by Gasteiger charge is -2.29. The molecule has 0 spiro atoms. The molecule has 16 heteroatoms. The third-order valence-corrected chi connectivity index (χ3v) is 8.93. The van der Waals surface area contributed by atoms with Gasteiger partial charge in [-0.3, -0.25) is 19.3 Å². The lowest BCUT2D eigenvalue weighted by Crippen LogP contribution is -2.39. The Hall–Kier alpha value is -6.53. The van der Waals surface area contributed by atoms with Crippen LogP contribution in [0.3, 0.4) is 0 Å². The van der Waals surface area contributed by atoms with E-state index in [-0.39, 0.29) is 49.4 Å². The second-order valence-corrected chi connectivity index (χ2v) is 13.5. The predicted molar refractivity (Wildman–Crippen MR) is 208 cm³/mol. The van der Waals surface area contributed by atoms with Gasteiger partial charge in [0.15, 0.2) is 25.1 Å². The standard InChI is InChI=1S/C22H22ClN3O5.C19H15FN2O4/c1-14(2)26-29-11-10-28-22(27)15(3)30-17-5-7-18(8-6-17)31-21-13-24-20-12-16(23)4-9-19(20)25-21;1-2-7-21-15-9-14(13(20)8-16(15)26-10-17(21)23)22-18(24)11-5-3-4-6-12(11)19(22)25/h4-9,12-13,15H,10-11H2,1-3H3;1,8-9H,3-7,10H2/t15-;/m1./s1. The number of ether oxygens (including phenoxy) is 4. The van der Waals surface area contributed by atoms with Crippen LogP contribution in [0.4, 0.5) is 15.8 Å². The first kappa shape index (κ1) is 40.1. The number of terminal acetylenes is 1. The van der Waals surface area contributed by atoms with Crippen LogP contribution < -0.4 is 24.0 Å². The number of amides is 3. The Labute approximate surface area is 332 Å². The highest BCUT2D eigenvalue weighted by atomic mass is 35.5. The van der Waals surface area contributed by atoms with Crippen LogP contribution in [0.2, 0.25) is 5.02 Å². The Morgan fingerprint density at radius 2 is 1.68 bits per heavy atom. The molecule has 3 aliphatic rings. The fourth-order valence-electron chi connectivity index (χ4n) is 6.05. The quantitative estimate of drug-likeness (QED) is 0.0396.